The number of benzene rings is 2. The van der Waals surface area contributed by atoms with Crippen LogP contribution in [-0.2, 0) is 0 Å². The molecule has 0 fully saturated rings. The quantitative estimate of drug-likeness (QED) is 0.919. The first-order valence-electron chi connectivity index (χ1n) is 5.54. The maximum Gasteiger partial charge on any atom is 0.387 e. The molecule has 5 heteroatoms. The van der Waals surface area contributed by atoms with Crippen molar-refractivity contribution >= 4 is 0 Å². The SMILES string of the molecule is OC(c1ccc(F)cc1)c1ccc(OC(F)F)cc1. The first-order chi connectivity index (χ1) is 9.06. The number of alkyl halides is 2. The van der Waals surface area contributed by atoms with Crippen molar-refractivity contribution in [1.82, 2.24) is 0 Å². The van der Waals surface area contributed by atoms with E-state index in [1.54, 1.807) is 0 Å². The summed E-state index contributed by atoms with van der Waals surface area (Å²) in [6.07, 6.45) is -0.943. The average Bonchev–Trinajstić information content (AvgIpc) is 2.39. The molecule has 1 unspecified atom stereocenters. The standard InChI is InChI=1S/C14H11F3O2/c15-11-5-1-9(2-6-11)13(18)10-3-7-12(8-4-10)19-14(16)17/h1-8,13-14,18H. The van der Waals surface area contributed by atoms with Crippen LogP contribution in [0, 0.1) is 5.82 Å². The van der Waals surface area contributed by atoms with E-state index < -0.39 is 18.5 Å². The molecule has 2 nitrogen and oxygen atoms in total. The van der Waals surface area contributed by atoms with E-state index in [1.165, 1.54) is 48.5 Å². The fraction of sp³-hybridized carbons (Fsp3) is 0.143. The maximum absolute atomic E-state index is 12.8. The predicted molar refractivity (Wildman–Crippen MR) is 63.5 cm³/mol. The fourth-order valence-corrected chi connectivity index (χ4v) is 1.67. The molecule has 1 N–H and O–H groups in total. The third-order valence-corrected chi connectivity index (χ3v) is 2.61. The van der Waals surface area contributed by atoms with Crippen molar-refractivity contribution in [2.75, 3.05) is 0 Å². The highest BCUT2D eigenvalue weighted by Crippen LogP contribution is 2.24. The molecule has 19 heavy (non-hydrogen) atoms. The highest BCUT2D eigenvalue weighted by molar-refractivity contribution is 5.34. The third kappa shape index (κ3) is 3.48. The van der Waals surface area contributed by atoms with E-state index in [-0.39, 0.29) is 5.75 Å². The molecule has 0 saturated heterocycles. The summed E-state index contributed by atoms with van der Waals surface area (Å²) in [5.74, 6) is -0.373. The lowest BCUT2D eigenvalue weighted by atomic mass is 10.0. The molecule has 0 spiro atoms. The molecule has 1 atom stereocenters. The number of aliphatic hydroxyl groups excluding tert-OH is 1. The largest absolute Gasteiger partial charge is 0.435 e. The molecule has 2 aromatic carbocycles. The minimum absolute atomic E-state index is 0.0186. The molecular formula is C14H11F3O2. The van der Waals surface area contributed by atoms with Gasteiger partial charge in [0.15, 0.2) is 0 Å². The van der Waals surface area contributed by atoms with E-state index in [0.29, 0.717) is 11.1 Å². The molecule has 0 heterocycles. The van der Waals surface area contributed by atoms with Gasteiger partial charge in [-0.3, -0.25) is 0 Å². The number of halogens is 3. The summed E-state index contributed by atoms with van der Waals surface area (Å²) in [4.78, 5) is 0. The summed E-state index contributed by atoms with van der Waals surface area (Å²) in [7, 11) is 0. The summed E-state index contributed by atoms with van der Waals surface area (Å²) in [6.45, 7) is -2.88. The monoisotopic (exact) mass is 268 g/mol. The number of aliphatic hydroxyl groups is 1. The molecule has 100 valence electrons. The van der Waals surface area contributed by atoms with E-state index in [4.69, 9.17) is 0 Å². The smallest absolute Gasteiger partial charge is 0.387 e. The maximum atomic E-state index is 12.8. The van der Waals surface area contributed by atoms with Crippen molar-refractivity contribution in [3.05, 3.63) is 65.5 Å². The Labute approximate surface area is 108 Å². The van der Waals surface area contributed by atoms with E-state index in [0.717, 1.165) is 0 Å². The summed E-state index contributed by atoms with van der Waals surface area (Å²) < 4.78 is 40.9. The van der Waals surface area contributed by atoms with Crippen LogP contribution < -0.4 is 4.74 Å². The predicted octanol–water partition coefficient (Wildman–Crippen LogP) is 3.51. The number of hydrogen-bond acceptors (Lipinski definition) is 2. The second-order valence-electron chi connectivity index (χ2n) is 3.90. The van der Waals surface area contributed by atoms with Gasteiger partial charge in [-0.1, -0.05) is 24.3 Å². The van der Waals surface area contributed by atoms with Crippen molar-refractivity contribution in [1.29, 1.82) is 0 Å². The van der Waals surface area contributed by atoms with Gasteiger partial charge in [0.05, 0.1) is 0 Å². The highest BCUT2D eigenvalue weighted by atomic mass is 19.3. The van der Waals surface area contributed by atoms with Crippen LogP contribution in [0.25, 0.3) is 0 Å². The summed E-state index contributed by atoms with van der Waals surface area (Å²) in [5.41, 5.74) is 1.03. The average molecular weight is 268 g/mol. The second-order valence-corrected chi connectivity index (χ2v) is 3.90. The van der Waals surface area contributed by atoms with Crippen LogP contribution in [-0.4, -0.2) is 11.7 Å². The Hall–Kier alpha value is -2.01. The number of ether oxygens (including phenoxy) is 1. The van der Waals surface area contributed by atoms with Crippen LogP contribution in [0.4, 0.5) is 13.2 Å². The van der Waals surface area contributed by atoms with Gasteiger partial charge in [-0.15, -0.1) is 0 Å². The van der Waals surface area contributed by atoms with Gasteiger partial charge in [0.1, 0.15) is 17.7 Å². The van der Waals surface area contributed by atoms with Gasteiger partial charge in [0.25, 0.3) is 0 Å². The van der Waals surface area contributed by atoms with Crippen molar-refractivity contribution in [2.45, 2.75) is 12.7 Å². The van der Waals surface area contributed by atoms with Crippen molar-refractivity contribution < 1.29 is 23.0 Å². The van der Waals surface area contributed by atoms with Crippen LogP contribution in [0.15, 0.2) is 48.5 Å². The summed E-state index contributed by atoms with van der Waals surface area (Å²) in [5, 5.41) is 10.0. The molecule has 0 bridgehead atoms. The Bertz CT molecular complexity index is 523. The zero-order valence-corrected chi connectivity index (χ0v) is 9.76. The first kappa shape index (κ1) is 13.4. The normalized spacial score (nSPS) is 12.5. The molecule has 0 aliphatic carbocycles. The Balaban J connectivity index is 2.15. The molecule has 0 aromatic heterocycles. The first-order valence-corrected chi connectivity index (χ1v) is 5.54. The lowest BCUT2D eigenvalue weighted by molar-refractivity contribution is -0.0498. The van der Waals surface area contributed by atoms with Gasteiger partial charge in [0.2, 0.25) is 0 Å². The van der Waals surface area contributed by atoms with Gasteiger partial charge >= 0.3 is 6.61 Å². The zero-order valence-electron chi connectivity index (χ0n) is 9.76. The van der Waals surface area contributed by atoms with Gasteiger partial charge in [-0.05, 0) is 35.4 Å². The molecule has 0 aliphatic rings. The van der Waals surface area contributed by atoms with Gasteiger partial charge in [-0.2, -0.15) is 8.78 Å². The molecule has 0 aliphatic heterocycles. The Morgan fingerprint density at radius 1 is 0.842 bits per heavy atom. The molecule has 0 saturated carbocycles. The Morgan fingerprint density at radius 2 is 1.32 bits per heavy atom. The molecule has 0 amide bonds. The second kappa shape index (κ2) is 5.75. The van der Waals surface area contributed by atoms with Gasteiger partial charge < -0.3 is 9.84 Å². The van der Waals surface area contributed by atoms with Crippen LogP contribution in [0.1, 0.15) is 17.2 Å². The topological polar surface area (TPSA) is 29.5 Å². The van der Waals surface area contributed by atoms with Crippen molar-refractivity contribution in [3.63, 3.8) is 0 Å². The summed E-state index contributed by atoms with van der Waals surface area (Å²) in [6, 6.07) is 11.0. The zero-order chi connectivity index (χ0) is 13.8. The highest BCUT2D eigenvalue weighted by Gasteiger charge is 2.11. The molecule has 2 rings (SSSR count). The minimum Gasteiger partial charge on any atom is -0.435 e. The van der Waals surface area contributed by atoms with Crippen LogP contribution in [0.3, 0.4) is 0 Å². The Morgan fingerprint density at radius 3 is 1.79 bits per heavy atom. The lowest BCUT2D eigenvalue weighted by Crippen LogP contribution is -2.03. The van der Waals surface area contributed by atoms with E-state index in [1.807, 2.05) is 0 Å². The minimum atomic E-state index is -2.88. The van der Waals surface area contributed by atoms with Crippen LogP contribution in [0.2, 0.25) is 0 Å². The van der Waals surface area contributed by atoms with Crippen LogP contribution in [0.5, 0.6) is 5.75 Å². The fourth-order valence-electron chi connectivity index (χ4n) is 1.67. The third-order valence-electron chi connectivity index (χ3n) is 2.61. The van der Waals surface area contributed by atoms with E-state index in [9.17, 15) is 18.3 Å². The van der Waals surface area contributed by atoms with Gasteiger partial charge in [-0.25, -0.2) is 4.39 Å². The number of rotatable bonds is 4. The van der Waals surface area contributed by atoms with Gasteiger partial charge in [0, 0.05) is 0 Å². The lowest BCUT2D eigenvalue weighted by Gasteiger charge is -2.12. The summed E-state index contributed by atoms with van der Waals surface area (Å²) >= 11 is 0. The van der Waals surface area contributed by atoms with E-state index in [2.05, 4.69) is 4.74 Å². The number of hydrogen-bond donors (Lipinski definition) is 1. The van der Waals surface area contributed by atoms with E-state index >= 15 is 0 Å². The molecular weight excluding hydrogens is 257 g/mol. The van der Waals surface area contributed by atoms with Crippen LogP contribution >= 0.6 is 0 Å². The molecule has 2 aromatic rings. The van der Waals surface area contributed by atoms with Crippen molar-refractivity contribution in [3.8, 4) is 5.75 Å². The molecule has 0 radical (unpaired) electrons. The van der Waals surface area contributed by atoms with Crippen molar-refractivity contribution in [2.24, 2.45) is 0 Å². The Kier molecular flexibility index (Phi) is 4.06.